The van der Waals surface area contributed by atoms with Crippen molar-refractivity contribution in [1.82, 2.24) is 0 Å². The second-order valence-corrected chi connectivity index (χ2v) is 5.06. The maximum atomic E-state index is 13.6. The number of ether oxygens (including phenoxy) is 1. The molecule has 0 radical (unpaired) electrons. The third-order valence-electron chi connectivity index (χ3n) is 3.09. The molecule has 0 bridgehead atoms. The highest BCUT2D eigenvalue weighted by Gasteiger charge is 2.24. The van der Waals surface area contributed by atoms with Crippen molar-refractivity contribution in [2.24, 2.45) is 11.7 Å². The van der Waals surface area contributed by atoms with E-state index in [-0.39, 0.29) is 24.3 Å². The first-order chi connectivity index (χ1) is 7.68. The summed E-state index contributed by atoms with van der Waals surface area (Å²) in [5, 5.41) is 0. The lowest BCUT2D eigenvalue weighted by Crippen LogP contribution is -2.28. The summed E-state index contributed by atoms with van der Waals surface area (Å²) >= 11 is 3.34. The van der Waals surface area contributed by atoms with Gasteiger partial charge >= 0.3 is 0 Å². The standard InChI is InChI=1S/C12H15BrFNO.ClH/c13-9-1-2-11(14)10(7-9)12(15)8-3-5-16-6-4-8;/h1-2,7-8,12H,3-6,15H2;1H/t12-;/m1./s1. The van der Waals surface area contributed by atoms with Crippen molar-refractivity contribution in [1.29, 1.82) is 0 Å². The summed E-state index contributed by atoms with van der Waals surface area (Å²) in [6.45, 7) is 1.46. The van der Waals surface area contributed by atoms with Gasteiger partial charge in [-0.1, -0.05) is 15.9 Å². The molecule has 2 N–H and O–H groups in total. The minimum atomic E-state index is -0.235. The van der Waals surface area contributed by atoms with Crippen LogP contribution in [0.1, 0.15) is 24.4 Å². The van der Waals surface area contributed by atoms with Gasteiger partial charge in [0.15, 0.2) is 0 Å². The number of hydrogen-bond donors (Lipinski definition) is 1. The van der Waals surface area contributed by atoms with Crippen molar-refractivity contribution in [3.8, 4) is 0 Å². The first-order valence-electron chi connectivity index (χ1n) is 5.47. The van der Waals surface area contributed by atoms with Gasteiger partial charge in [0.05, 0.1) is 0 Å². The molecule has 1 aliphatic heterocycles. The molecule has 2 rings (SSSR count). The zero-order valence-corrected chi connectivity index (χ0v) is 11.8. The first kappa shape index (κ1) is 14.9. The van der Waals surface area contributed by atoms with Crippen LogP contribution in [0.4, 0.5) is 4.39 Å². The summed E-state index contributed by atoms with van der Waals surface area (Å²) in [5.74, 6) is 0.0970. The van der Waals surface area contributed by atoms with E-state index in [9.17, 15) is 4.39 Å². The number of hydrogen-bond acceptors (Lipinski definition) is 2. The van der Waals surface area contributed by atoms with E-state index in [0.717, 1.165) is 30.5 Å². The van der Waals surface area contributed by atoms with E-state index in [2.05, 4.69) is 15.9 Å². The second kappa shape index (κ2) is 6.69. The van der Waals surface area contributed by atoms with Crippen molar-refractivity contribution in [2.75, 3.05) is 13.2 Å². The number of halogens is 3. The fourth-order valence-electron chi connectivity index (χ4n) is 2.10. The van der Waals surface area contributed by atoms with Crippen LogP contribution >= 0.6 is 28.3 Å². The SMILES string of the molecule is Cl.N[C@@H](c1cc(Br)ccc1F)C1CCOCC1. The predicted octanol–water partition coefficient (Wildman–Crippen LogP) is 3.44. The Morgan fingerprint density at radius 2 is 2.00 bits per heavy atom. The molecular formula is C12H16BrClFNO. The van der Waals surface area contributed by atoms with Crippen LogP contribution in [-0.4, -0.2) is 13.2 Å². The van der Waals surface area contributed by atoms with Gasteiger partial charge < -0.3 is 10.5 Å². The lowest BCUT2D eigenvalue weighted by Gasteiger charge is -2.28. The summed E-state index contributed by atoms with van der Waals surface area (Å²) in [4.78, 5) is 0. The van der Waals surface area contributed by atoms with Gasteiger partial charge in [0.25, 0.3) is 0 Å². The maximum absolute atomic E-state index is 13.6. The molecule has 17 heavy (non-hydrogen) atoms. The second-order valence-electron chi connectivity index (χ2n) is 4.14. The van der Waals surface area contributed by atoms with Crippen molar-refractivity contribution >= 4 is 28.3 Å². The summed E-state index contributed by atoms with van der Waals surface area (Å²) in [6.07, 6.45) is 1.82. The Labute approximate surface area is 115 Å². The largest absolute Gasteiger partial charge is 0.381 e. The minimum absolute atomic E-state index is 0. The smallest absolute Gasteiger partial charge is 0.128 e. The van der Waals surface area contributed by atoms with Gasteiger partial charge in [-0.25, -0.2) is 4.39 Å². The molecule has 1 aliphatic rings. The van der Waals surface area contributed by atoms with Crippen LogP contribution in [0.25, 0.3) is 0 Å². The summed E-state index contributed by atoms with van der Waals surface area (Å²) < 4.78 is 19.8. The van der Waals surface area contributed by atoms with E-state index < -0.39 is 0 Å². The van der Waals surface area contributed by atoms with Gasteiger partial charge in [0.1, 0.15) is 5.82 Å². The Hall–Kier alpha value is -0.160. The Balaban J connectivity index is 0.00000144. The summed E-state index contributed by atoms with van der Waals surface area (Å²) in [7, 11) is 0. The number of nitrogens with two attached hydrogens (primary N) is 1. The van der Waals surface area contributed by atoms with Crippen molar-refractivity contribution < 1.29 is 9.13 Å². The Morgan fingerprint density at radius 3 is 2.65 bits per heavy atom. The van der Waals surface area contributed by atoms with Gasteiger partial charge in [-0.15, -0.1) is 12.4 Å². The van der Waals surface area contributed by atoms with Gasteiger partial charge in [-0.2, -0.15) is 0 Å². The van der Waals surface area contributed by atoms with E-state index in [1.165, 1.54) is 6.07 Å². The molecule has 0 unspecified atom stereocenters. The van der Waals surface area contributed by atoms with Gasteiger partial charge in [-0.05, 0) is 37.0 Å². The fourth-order valence-corrected chi connectivity index (χ4v) is 2.48. The van der Waals surface area contributed by atoms with Crippen LogP contribution in [0.2, 0.25) is 0 Å². The highest BCUT2D eigenvalue weighted by molar-refractivity contribution is 9.10. The average molecular weight is 325 g/mol. The van der Waals surface area contributed by atoms with Crippen molar-refractivity contribution in [3.05, 3.63) is 34.1 Å². The molecule has 0 aliphatic carbocycles. The van der Waals surface area contributed by atoms with E-state index in [1.54, 1.807) is 12.1 Å². The van der Waals surface area contributed by atoms with Gasteiger partial charge in [0, 0.05) is 29.3 Å². The van der Waals surface area contributed by atoms with Crippen LogP contribution in [0, 0.1) is 11.7 Å². The molecule has 1 heterocycles. The molecule has 0 amide bonds. The van der Waals surface area contributed by atoms with Crippen LogP contribution in [0.15, 0.2) is 22.7 Å². The Bertz CT molecular complexity index is 372. The molecular weight excluding hydrogens is 308 g/mol. The van der Waals surface area contributed by atoms with Crippen LogP contribution in [0.3, 0.4) is 0 Å². The van der Waals surface area contributed by atoms with E-state index in [4.69, 9.17) is 10.5 Å². The molecule has 0 saturated carbocycles. The van der Waals surface area contributed by atoms with Crippen LogP contribution in [-0.2, 0) is 4.74 Å². The number of rotatable bonds is 2. The number of benzene rings is 1. The van der Waals surface area contributed by atoms with Gasteiger partial charge in [0.2, 0.25) is 0 Å². The molecule has 1 fully saturated rings. The van der Waals surface area contributed by atoms with Crippen molar-refractivity contribution in [3.63, 3.8) is 0 Å². The molecule has 1 atom stereocenters. The maximum Gasteiger partial charge on any atom is 0.128 e. The third-order valence-corrected chi connectivity index (χ3v) is 3.58. The van der Waals surface area contributed by atoms with E-state index in [1.807, 2.05) is 0 Å². The third kappa shape index (κ3) is 3.65. The lowest BCUT2D eigenvalue weighted by molar-refractivity contribution is 0.0580. The molecule has 5 heteroatoms. The quantitative estimate of drug-likeness (QED) is 0.904. The predicted molar refractivity (Wildman–Crippen MR) is 71.8 cm³/mol. The summed E-state index contributed by atoms with van der Waals surface area (Å²) in [5.41, 5.74) is 6.72. The molecule has 0 spiro atoms. The lowest BCUT2D eigenvalue weighted by atomic mass is 9.87. The fraction of sp³-hybridized carbons (Fsp3) is 0.500. The first-order valence-corrected chi connectivity index (χ1v) is 6.26. The highest BCUT2D eigenvalue weighted by Crippen LogP contribution is 2.30. The van der Waals surface area contributed by atoms with Gasteiger partial charge in [-0.3, -0.25) is 0 Å². The zero-order valence-electron chi connectivity index (χ0n) is 9.36. The molecule has 0 aromatic heterocycles. The van der Waals surface area contributed by atoms with Crippen LogP contribution in [0.5, 0.6) is 0 Å². The molecule has 96 valence electrons. The Morgan fingerprint density at radius 1 is 1.35 bits per heavy atom. The zero-order chi connectivity index (χ0) is 11.5. The molecule has 2 nitrogen and oxygen atoms in total. The monoisotopic (exact) mass is 323 g/mol. The minimum Gasteiger partial charge on any atom is -0.381 e. The topological polar surface area (TPSA) is 35.2 Å². The summed E-state index contributed by atoms with van der Waals surface area (Å²) in [6, 6.07) is 4.69. The average Bonchev–Trinajstić information content (AvgIpc) is 2.32. The normalized spacial score (nSPS) is 18.5. The molecule has 1 saturated heterocycles. The molecule has 1 aromatic rings. The van der Waals surface area contributed by atoms with E-state index >= 15 is 0 Å². The van der Waals surface area contributed by atoms with Crippen molar-refractivity contribution in [2.45, 2.75) is 18.9 Å². The van der Waals surface area contributed by atoms with E-state index in [0.29, 0.717) is 11.5 Å². The Kier molecular flexibility index (Phi) is 5.86. The van der Waals surface area contributed by atoms with Crippen LogP contribution < -0.4 is 5.73 Å². The molecule has 1 aromatic carbocycles. The highest BCUT2D eigenvalue weighted by atomic mass is 79.9.